The highest BCUT2D eigenvalue weighted by Gasteiger charge is 2.22. The quantitative estimate of drug-likeness (QED) is 0.650. The summed E-state index contributed by atoms with van der Waals surface area (Å²) >= 11 is 0. The standard InChI is InChI=1S/C22H23N3O3S/c1-17-9-11-20(12-10-17)25(2)29(27,28)21-8-5-6-18(16-21)22(26)24-15-13-19-7-3-4-14-23-19/h3-12,14,16H,13,15H2,1-2H3,(H,24,26). The van der Waals surface area contributed by atoms with Crippen molar-refractivity contribution in [1.82, 2.24) is 10.3 Å². The van der Waals surface area contributed by atoms with Gasteiger partial charge in [-0.3, -0.25) is 14.1 Å². The van der Waals surface area contributed by atoms with Crippen molar-refractivity contribution in [2.24, 2.45) is 0 Å². The van der Waals surface area contributed by atoms with Crippen LogP contribution in [0.4, 0.5) is 5.69 Å². The van der Waals surface area contributed by atoms with Gasteiger partial charge in [-0.1, -0.05) is 29.8 Å². The van der Waals surface area contributed by atoms with Crippen molar-refractivity contribution in [3.05, 3.63) is 89.7 Å². The zero-order valence-corrected chi connectivity index (χ0v) is 17.2. The first-order chi connectivity index (χ1) is 13.9. The predicted octanol–water partition coefficient (Wildman–Crippen LogP) is 3.19. The molecule has 0 unspecified atom stereocenters. The summed E-state index contributed by atoms with van der Waals surface area (Å²) in [5.74, 6) is -0.323. The number of amides is 1. The van der Waals surface area contributed by atoms with Gasteiger partial charge >= 0.3 is 0 Å². The van der Waals surface area contributed by atoms with Crippen LogP contribution in [0.2, 0.25) is 0 Å². The number of hydrogen-bond donors (Lipinski definition) is 1. The second-order valence-corrected chi connectivity index (χ2v) is 8.63. The molecule has 0 aliphatic heterocycles. The van der Waals surface area contributed by atoms with E-state index in [-0.39, 0.29) is 10.8 Å². The zero-order valence-electron chi connectivity index (χ0n) is 16.4. The molecule has 7 heteroatoms. The number of aryl methyl sites for hydroxylation is 1. The van der Waals surface area contributed by atoms with Crippen LogP contribution in [0.3, 0.4) is 0 Å². The van der Waals surface area contributed by atoms with E-state index >= 15 is 0 Å². The minimum absolute atomic E-state index is 0.0675. The van der Waals surface area contributed by atoms with E-state index in [9.17, 15) is 13.2 Å². The van der Waals surface area contributed by atoms with Gasteiger partial charge in [0.25, 0.3) is 15.9 Å². The second kappa shape index (κ2) is 8.87. The molecule has 0 fully saturated rings. The molecule has 0 bridgehead atoms. The lowest BCUT2D eigenvalue weighted by atomic mass is 10.2. The lowest BCUT2D eigenvalue weighted by Crippen LogP contribution is -2.28. The van der Waals surface area contributed by atoms with Crippen LogP contribution in [-0.4, -0.2) is 32.9 Å². The van der Waals surface area contributed by atoms with E-state index in [1.807, 2.05) is 37.3 Å². The number of rotatable bonds is 7. The Morgan fingerprint density at radius 3 is 2.48 bits per heavy atom. The van der Waals surface area contributed by atoms with Crippen LogP contribution in [0.5, 0.6) is 0 Å². The third-order valence-electron chi connectivity index (χ3n) is 4.55. The number of anilines is 1. The molecule has 2 aromatic carbocycles. The van der Waals surface area contributed by atoms with Gasteiger partial charge < -0.3 is 5.32 Å². The first kappa shape index (κ1) is 20.5. The summed E-state index contributed by atoms with van der Waals surface area (Å²) in [6.07, 6.45) is 2.30. The molecule has 0 spiro atoms. The highest BCUT2D eigenvalue weighted by molar-refractivity contribution is 7.92. The highest BCUT2D eigenvalue weighted by Crippen LogP contribution is 2.23. The number of pyridine rings is 1. The molecular weight excluding hydrogens is 386 g/mol. The topological polar surface area (TPSA) is 79.4 Å². The molecule has 1 heterocycles. The highest BCUT2D eigenvalue weighted by atomic mass is 32.2. The smallest absolute Gasteiger partial charge is 0.264 e. The molecule has 150 valence electrons. The number of carbonyl (C=O) groups is 1. The van der Waals surface area contributed by atoms with Gasteiger partial charge in [0.1, 0.15) is 0 Å². The number of sulfonamides is 1. The lowest BCUT2D eigenvalue weighted by molar-refractivity contribution is 0.0954. The fourth-order valence-electron chi connectivity index (χ4n) is 2.80. The first-order valence-electron chi connectivity index (χ1n) is 9.22. The fraction of sp³-hybridized carbons (Fsp3) is 0.182. The lowest BCUT2D eigenvalue weighted by Gasteiger charge is -2.20. The average molecular weight is 410 g/mol. The van der Waals surface area contributed by atoms with Crippen LogP contribution in [0, 0.1) is 6.92 Å². The molecular formula is C22H23N3O3S. The average Bonchev–Trinajstić information content (AvgIpc) is 2.74. The van der Waals surface area contributed by atoms with E-state index < -0.39 is 10.0 Å². The second-order valence-electron chi connectivity index (χ2n) is 6.66. The Balaban J connectivity index is 1.72. The molecule has 1 amide bonds. The summed E-state index contributed by atoms with van der Waals surface area (Å²) in [5.41, 5.74) is 2.78. The van der Waals surface area contributed by atoms with Gasteiger partial charge in [0.05, 0.1) is 10.6 Å². The zero-order chi connectivity index (χ0) is 20.9. The van der Waals surface area contributed by atoms with Gasteiger partial charge in [-0.05, 0) is 49.4 Å². The third kappa shape index (κ3) is 5.00. The summed E-state index contributed by atoms with van der Waals surface area (Å²) < 4.78 is 27.2. The molecule has 0 saturated carbocycles. The number of nitrogens with one attached hydrogen (secondary N) is 1. The third-order valence-corrected chi connectivity index (χ3v) is 6.33. The maximum Gasteiger partial charge on any atom is 0.264 e. The fourth-order valence-corrected chi connectivity index (χ4v) is 4.04. The Kier molecular flexibility index (Phi) is 6.29. The Morgan fingerprint density at radius 2 is 1.79 bits per heavy atom. The van der Waals surface area contributed by atoms with Gasteiger partial charge in [-0.15, -0.1) is 0 Å². The van der Waals surface area contributed by atoms with E-state index in [0.29, 0.717) is 24.2 Å². The minimum Gasteiger partial charge on any atom is -0.352 e. The van der Waals surface area contributed by atoms with Gasteiger partial charge in [0.15, 0.2) is 0 Å². The van der Waals surface area contributed by atoms with Gasteiger partial charge in [-0.2, -0.15) is 0 Å². The molecule has 0 aliphatic carbocycles. The van der Waals surface area contributed by atoms with E-state index in [2.05, 4.69) is 10.3 Å². The predicted molar refractivity (Wildman–Crippen MR) is 113 cm³/mol. The summed E-state index contributed by atoms with van der Waals surface area (Å²) in [5, 5.41) is 2.81. The largest absolute Gasteiger partial charge is 0.352 e. The number of benzene rings is 2. The molecule has 29 heavy (non-hydrogen) atoms. The molecule has 3 aromatic rings. The summed E-state index contributed by atoms with van der Waals surface area (Å²) in [6, 6.07) is 18.9. The molecule has 0 saturated heterocycles. The van der Waals surface area contributed by atoms with E-state index in [1.165, 1.54) is 23.5 Å². The molecule has 6 nitrogen and oxygen atoms in total. The van der Waals surface area contributed by atoms with Crippen molar-refractivity contribution in [2.45, 2.75) is 18.2 Å². The first-order valence-corrected chi connectivity index (χ1v) is 10.7. The summed E-state index contributed by atoms with van der Waals surface area (Å²) in [7, 11) is -2.28. The van der Waals surface area contributed by atoms with Gasteiger partial charge in [0.2, 0.25) is 0 Å². The van der Waals surface area contributed by atoms with E-state index in [4.69, 9.17) is 0 Å². The van der Waals surface area contributed by atoms with Crippen LogP contribution in [0.25, 0.3) is 0 Å². The number of hydrogen-bond acceptors (Lipinski definition) is 4. The maximum atomic E-state index is 13.0. The number of nitrogens with zero attached hydrogens (tertiary/aromatic N) is 2. The molecule has 3 rings (SSSR count). The Labute approximate surface area is 171 Å². The van der Waals surface area contributed by atoms with Gasteiger partial charge in [-0.25, -0.2) is 8.42 Å². The van der Waals surface area contributed by atoms with Crippen LogP contribution in [0.15, 0.2) is 77.8 Å². The van der Waals surface area contributed by atoms with Crippen molar-refractivity contribution in [2.75, 3.05) is 17.9 Å². The Hall–Kier alpha value is -3.19. The van der Waals surface area contributed by atoms with E-state index in [1.54, 1.807) is 30.5 Å². The van der Waals surface area contributed by atoms with Crippen LogP contribution in [-0.2, 0) is 16.4 Å². The summed E-state index contributed by atoms with van der Waals surface area (Å²) in [4.78, 5) is 16.7. The van der Waals surface area contributed by atoms with Crippen LogP contribution < -0.4 is 9.62 Å². The van der Waals surface area contributed by atoms with Crippen LogP contribution in [0.1, 0.15) is 21.6 Å². The van der Waals surface area contributed by atoms with E-state index in [0.717, 1.165) is 11.3 Å². The molecule has 0 radical (unpaired) electrons. The Morgan fingerprint density at radius 1 is 1.03 bits per heavy atom. The molecule has 0 aliphatic rings. The molecule has 1 N–H and O–H groups in total. The number of carbonyl (C=O) groups excluding carboxylic acids is 1. The molecule has 1 aromatic heterocycles. The summed E-state index contributed by atoms with van der Waals surface area (Å²) in [6.45, 7) is 2.35. The number of aromatic nitrogens is 1. The Bertz CT molecular complexity index is 1080. The van der Waals surface area contributed by atoms with Crippen molar-refractivity contribution < 1.29 is 13.2 Å². The van der Waals surface area contributed by atoms with Gasteiger partial charge in [0, 0.05) is 37.5 Å². The van der Waals surface area contributed by atoms with Crippen molar-refractivity contribution >= 4 is 21.6 Å². The van der Waals surface area contributed by atoms with Crippen molar-refractivity contribution in [3.8, 4) is 0 Å². The molecule has 0 atom stereocenters. The maximum absolute atomic E-state index is 13.0. The van der Waals surface area contributed by atoms with Crippen molar-refractivity contribution in [1.29, 1.82) is 0 Å². The monoisotopic (exact) mass is 409 g/mol. The minimum atomic E-state index is -3.78. The van der Waals surface area contributed by atoms with Crippen LogP contribution >= 0.6 is 0 Å². The van der Waals surface area contributed by atoms with Crippen molar-refractivity contribution in [3.63, 3.8) is 0 Å². The normalized spacial score (nSPS) is 11.1. The SMILES string of the molecule is Cc1ccc(N(C)S(=O)(=O)c2cccc(C(=O)NCCc3ccccn3)c2)cc1.